The number of aliphatic hydroxyl groups excluding tert-OH is 1. The molecule has 1 aromatic carbocycles. The van der Waals surface area contributed by atoms with Gasteiger partial charge in [-0.1, -0.05) is 19.1 Å². The first-order valence-corrected chi connectivity index (χ1v) is 4.01. The number of nitrogens with two attached hydrogens (primary N) is 1. The first-order valence-electron chi connectivity index (χ1n) is 4.01. The van der Waals surface area contributed by atoms with Gasteiger partial charge in [0.15, 0.2) is 0 Å². The van der Waals surface area contributed by atoms with Crippen molar-refractivity contribution in [1.29, 1.82) is 0 Å². The topological polar surface area (TPSA) is 58.3 Å². The molecule has 0 bridgehead atoms. The Morgan fingerprint density at radius 3 is 2.92 bits per heavy atom. The van der Waals surface area contributed by atoms with Gasteiger partial charge in [-0.2, -0.15) is 0 Å². The Morgan fingerprint density at radius 2 is 2.33 bits per heavy atom. The Kier molecular flexibility index (Phi) is 3.08. The van der Waals surface area contributed by atoms with E-state index in [0.29, 0.717) is 5.69 Å². The van der Waals surface area contributed by atoms with Crippen LogP contribution in [0.1, 0.15) is 18.7 Å². The molecule has 1 atom stereocenters. The van der Waals surface area contributed by atoms with E-state index in [-0.39, 0.29) is 0 Å². The summed E-state index contributed by atoms with van der Waals surface area (Å²) in [4.78, 5) is 0. The Labute approximate surface area is 72.2 Å². The van der Waals surface area contributed by atoms with Crippen LogP contribution in [0.4, 0.5) is 5.69 Å². The minimum absolute atomic E-state index is 0.613. The second-order valence-corrected chi connectivity index (χ2v) is 2.63. The highest BCUT2D eigenvalue weighted by Crippen LogP contribution is 2.12. The van der Waals surface area contributed by atoms with Crippen LogP contribution in [-0.4, -0.2) is 11.7 Å². The lowest BCUT2D eigenvalue weighted by Gasteiger charge is -2.11. The van der Waals surface area contributed by atoms with Crippen LogP contribution in [0.5, 0.6) is 0 Å². The van der Waals surface area contributed by atoms with Crippen molar-refractivity contribution in [3.63, 3.8) is 0 Å². The third-order valence-electron chi connectivity index (χ3n) is 1.62. The number of nitrogens with one attached hydrogen (secondary N) is 1. The predicted octanol–water partition coefficient (Wildman–Crippen LogP) is 0.869. The minimum Gasteiger partial charge on any atom is -0.399 e. The van der Waals surface area contributed by atoms with Crippen molar-refractivity contribution in [1.82, 2.24) is 5.32 Å². The quantitative estimate of drug-likeness (QED) is 0.461. The van der Waals surface area contributed by atoms with E-state index in [1.165, 1.54) is 0 Å². The smallest absolute Gasteiger partial charge is 0.131 e. The van der Waals surface area contributed by atoms with Gasteiger partial charge in [0.2, 0.25) is 0 Å². The van der Waals surface area contributed by atoms with E-state index in [2.05, 4.69) is 5.32 Å². The maximum Gasteiger partial charge on any atom is 0.131 e. The third kappa shape index (κ3) is 2.22. The van der Waals surface area contributed by atoms with Crippen LogP contribution in [-0.2, 0) is 0 Å². The molecule has 0 saturated heterocycles. The second-order valence-electron chi connectivity index (χ2n) is 2.63. The molecule has 0 heterocycles. The molecule has 0 amide bonds. The van der Waals surface area contributed by atoms with E-state index in [1.807, 2.05) is 19.1 Å². The van der Waals surface area contributed by atoms with Gasteiger partial charge in [-0.25, -0.2) is 0 Å². The first-order chi connectivity index (χ1) is 5.74. The molecule has 1 aromatic rings. The number of rotatable bonds is 3. The zero-order chi connectivity index (χ0) is 8.97. The van der Waals surface area contributed by atoms with E-state index in [4.69, 9.17) is 5.73 Å². The van der Waals surface area contributed by atoms with Crippen LogP contribution in [0.25, 0.3) is 0 Å². The number of hydrogen-bond donors (Lipinski definition) is 3. The van der Waals surface area contributed by atoms with Crippen molar-refractivity contribution in [2.45, 2.75) is 13.2 Å². The fraction of sp³-hybridized carbons (Fsp3) is 0.333. The van der Waals surface area contributed by atoms with Crippen LogP contribution in [0, 0.1) is 0 Å². The molecule has 0 aliphatic rings. The van der Waals surface area contributed by atoms with Crippen LogP contribution < -0.4 is 11.1 Å². The van der Waals surface area contributed by atoms with E-state index in [0.717, 1.165) is 12.1 Å². The summed E-state index contributed by atoms with van der Waals surface area (Å²) < 4.78 is 0. The number of nitrogen functional groups attached to an aromatic ring is 1. The highest BCUT2D eigenvalue weighted by Gasteiger charge is 2.03. The zero-order valence-electron chi connectivity index (χ0n) is 7.12. The average molecular weight is 166 g/mol. The molecule has 0 radical (unpaired) electrons. The molecule has 0 fully saturated rings. The van der Waals surface area contributed by atoms with Gasteiger partial charge in [0.05, 0.1) is 0 Å². The SMILES string of the molecule is CCNC(O)c1cccc(N)c1. The molecule has 0 aromatic heterocycles. The lowest BCUT2D eigenvalue weighted by atomic mass is 10.2. The summed E-state index contributed by atoms with van der Waals surface area (Å²) in [6.45, 7) is 2.67. The molecule has 3 heteroatoms. The summed E-state index contributed by atoms with van der Waals surface area (Å²) >= 11 is 0. The Bertz CT molecular complexity index is 250. The van der Waals surface area contributed by atoms with Crippen LogP contribution in [0.15, 0.2) is 24.3 Å². The van der Waals surface area contributed by atoms with E-state index < -0.39 is 6.23 Å². The summed E-state index contributed by atoms with van der Waals surface area (Å²) in [5, 5.41) is 12.4. The molecule has 66 valence electrons. The third-order valence-corrected chi connectivity index (χ3v) is 1.62. The molecular weight excluding hydrogens is 152 g/mol. The summed E-state index contributed by atoms with van der Waals surface area (Å²) in [5.41, 5.74) is 7.03. The number of anilines is 1. The van der Waals surface area contributed by atoms with Gasteiger partial charge in [-0.3, -0.25) is 5.32 Å². The highest BCUT2D eigenvalue weighted by molar-refractivity contribution is 5.41. The van der Waals surface area contributed by atoms with E-state index >= 15 is 0 Å². The molecule has 3 nitrogen and oxygen atoms in total. The molecule has 0 aliphatic heterocycles. The van der Waals surface area contributed by atoms with Gasteiger partial charge in [-0.05, 0) is 24.2 Å². The van der Waals surface area contributed by atoms with Gasteiger partial charge in [0.25, 0.3) is 0 Å². The Balaban J connectivity index is 2.73. The number of benzene rings is 1. The van der Waals surface area contributed by atoms with Gasteiger partial charge in [0.1, 0.15) is 6.23 Å². The number of aliphatic hydroxyl groups is 1. The maximum absolute atomic E-state index is 9.48. The van der Waals surface area contributed by atoms with E-state index in [1.54, 1.807) is 12.1 Å². The molecule has 12 heavy (non-hydrogen) atoms. The molecule has 0 saturated carbocycles. The van der Waals surface area contributed by atoms with Gasteiger partial charge in [-0.15, -0.1) is 0 Å². The summed E-state index contributed by atoms with van der Waals surface area (Å²) in [6.07, 6.45) is -0.613. The summed E-state index contributed by atoms with van der Waals surface area (Å²) in [7, 11) is 0. The van der Waals surface area contributed by atoms with Crippen molar-refractivity contribution in [3.8, 4) is 0 Å². The second kappa shape index (κ2) is 4.09. The van der Waals surface area contributed by atoms with Crippen LogP contribution >= 0.6 is 0 Å². The standard InChI is InChI=1S/C9H14N2O/c1-2-11-9(12)7-4-3-5-8(10)6-7/h3-6,9,11-12H,2,10H2,1H3. The monoisotopic (exact) mass is 166 g/mol. The van der Waals surface area contributed by atoms with Crippen LogP contribution in [0.3, 0.4) is 0 Å². The molecule has 0 spiro atoms. The molecular formula is C9H14N2O. The van der Waals surface area contributed by atoms with Crippen molar-refractivity contribution < 1.29 is 5.11 Å². The fourth-order valence-electron chi connectivity index (χ4n) is 1.04. The molecule has 4 N–H and O–H groups in total. The molecule has 1 rings (SSSR count). The van der Waals surface area contributed by atoms with Crippen molar-refractivity contribution in [2.24, 2.45) is 0 Å². The average Bonchev–Trinajstić information content (AvgIpc) is 2.05. The summed E-state index contributed by atoms with van der Waals surface area (Å²) in [5.74, 6) is 0. The normalized spacial score (nSPS) is 12.8. The zero-order valence-corrected chi connectivity index (χ0v) is 7.12. The minimum atomic E-state index is -0.613. The highest BCUT2D eigenvalue weighted by atomic mass is 16.3. The van der Waals surface area contributed by atoms with Gasteiger partial charge < -0.3 is 10.8 Å². The molecule has 0 aliphatic carbocycles. The van der Waals surface area contributed by atoms with Gasteiger partial charge >= 0.3 is 0 Å². The van der Waals surface area contributed by atoms with Crippen molar-refractivity contribution in [3.05, 3.63) is 29.8 Å². The lowest BCUT2D eigenvalue weighted by Crippen LogP contribution is -2.20. The summed E-state index contributed by atoms with van der Waals surface area (Å²) in [6, 6.07) is 7.21. The van der Waals surface area contributed by atoms with Crippen molar-refractivity contribution >= 4 is 5.69 Å². The van der Waals surface area contributed by atoms with Gasteiger partial charge in [0, 0.05) is 5.69 Å². The predicted molar refractivity (Wildman–Crippen MR) is 49.5 cm³/mol. The fourth-order valence-corrected chi connectivity index (χ4v) is 1.04. The van der Waals surface area contributed by atoms with Crippen molar-refractivity contribution in [2.75, 3.05) is 12.3 Å². The first kappa shape index (κ1) is 9.03. The van der Waals surface area contributed by atoms with Crippen LogP contribution in [0.2, 0.25) is 0 Å². The lowest BCUT2D eigenvalue weighted by molar-refractivity contribution is 0.142. The Morgan fingerprint density at radius 1 is 1.58 bits per heavy atom. The molecule has 1 unspecified atom stereocenters. The number of hydrogen-bond acceptors (Lipinski definition) is 3. The Hall–Kier alpha value is -1.06. The maximum atomic E-state index is 9.48. The largest absolute Gasteiger partial charge is 0.399 e. The van der Waals surface area contributed by atoms with E-state index in [9.17, 15) is 5.11 Å².